The molecule has 210 valence electrons. The molecule has 1 saturated heterocycles. The molecule has 3 aliphatic carbocycles. The van der Waals surface area contributed by atoms with E-state index in [1.165, 1.54) is 44.1 Å². The molecule has 5 unspecified atom stereocenters. The molecule has 38 heavy (non-hydrogen) atoms. The molecule has 0 aromatic rings. The number of hydrogen-bond acceptors (Lipinski definition) is 5. The van der Waals surface area contributed by atoms with Gasteiger partial charge in [-0.25, -0.2) is 4.79 Å². The summed E-state index contributed by atoms with van der Waals surface area (Å²) in [5.41, 5.74) is 3.35. The normalized spacial score (nSPS) is 33.2. The Morgan fingerprint density at radius 1 is 1.03 bits per heavy atom. The van der Waals surface area contributed by atoms with Crippen LogP contribution in [0.1, 0.15) is 92.4 Å². The van der Waals surface area contributed by atoms with Crippen LogP contribution in [0.3, 0.4) is 0 Å². The molecule has 4 fully saturated rings. The number of ether oxygens (including phenoxy) is 3. The molecule has 0 radical (unpaired) electrons. The third-order valence-corrected chi connectivity index (χ3v) is 10.00. The van der Waals surface area contributed by atoms with Crippen LogP contribution in [0.5, 0.6) is 0 Å². The summed E-state index contributed by atoms with van der Waals surface area (Å²) in [5, 5.41) is 0. The lowest BCUT2D eigenvalue weighted by Crippen LogP contribution is -2.45. The maximum Gasteiger partial charge on any atom is 0.508 e. The van der Waals surface area contributed by atoms with Gasteiger partial charge in [-0.1, -0.05) is 76.1 Å². The Hall–Kier alpha value is -2.30. The summed E-state index contributed by atoms with van der Waals surface area (Å²) in [6.45, 7) is 15.4. The summed E-state index contributed by atoms with van der Waals surface area (Å²) >= 11 is 0. The van der Waals surface area contributed by atoms with Gasteiger partial charge in [-0.05, 0) is 86.5 Å². The molecule has 4 aliphatic rings. The molecular weight excluding hydrogens is 476 g/mol. The Morgan fingerprint density at radius 2 is 1.74 bits per heavy atom. The van der Waals surface area contributed by atoms with Crippen molar-refractivity contribution in [3.05, 3.63) is 47.6 Å². The van der Waals surface area contributed by atoms with Crippen molar-refractivity contribution in [2.75, 3.05) is 13.2 Å². The monoisotopic (exact) mass is 524 g/mol. The van der Waals surface area contributed by atoms with Crippen LogP contribution in [0, 0.1) is 34.5 Å². The molecular formula is C33H48O5. The Labute approximate surface area is 229 Å². The molecule has 5 atom stereocenters. The van der Waals surface area contributed by atoms with Gasteiger partial charge in [-0.15, -0.1) is 0 Å². The van der Waals surface area contributed by atoms with Gasteiger partial charge in [0.25, 0.3) is 0 Å². The number of cyclic esters (lactones) is 2. The van der Waals surface area contributed by atoms with Crippen LogP contribution in [-0.4, -0.2) is 31.4 Å². The molecule has 3 saturated carbocycles. The molecule has 5 nitrogen and oxygen atoms in total. The smallest absolute Gasteiger partial charge is 0.461 e. The zero-order valence-corrected chi connectivity index (χ0v) is 24.2. The summed E-state index contributed by atoms with van der Waals surface area (Å²) < 4.78 is 15.8. The second kappa shape index (κ2) is 11.8. The zero-order chi connectivity index (χ0) is 27.5. The van der Waals surface area contributed by atoms with E-state index in [4.69, 9.17) is 14.2 Å². The average Bonchev–Trinajstić information content (AvgIpc) is 3.35. The van der Waals surface area contributed by atoms with Gasteiger partial charge in [-0.2, -0.15) is 0 Å². The Kier molecular flexibility index (Phi) is 8.94. The third kappa shape index (κ3) is 6.13. The molecule has 0 aromatic carbocycles. The van der Waals surface area contributed by atoms with Gasteiger partial charge < -0.3 is 14.2 Å². The molecule has 1 heterocycles. The molecule has 0 aromatic heterocycles. The number of allylic oxidation sites excluding steroid dienone is 6. The number of fused-ring (bicyclic) bond motifs is 1. The SMILES string of the molecule is C=C1CCC(OC(=O)C2(C)COC(=O)OC2)CC1=CC=C1CCCC2(C(C)C=CC(C)C(C)C)CCCC12. The van der Waals surface area contributed by atoms with E-state index in [0.717, 1.165) is 18.4 Å². The van der Waals surface area contributed by atoms with Crippen molar-refractivity contribution < 1.29 is 23.8 Å². The fourth-order valence-corrected chi connectivity index (χ4v) is 6.89. The van der Waals surface area contributed by atoms with Crippen LogP contribution in [0.25, 0.3) is 0 Å². The van der Waals surface area contributed by atoms with Crippen LogP contribution in [0.4, 0.5) is 4.79 Å². The average molecular weight is 525 g/mol. The van der Waals surface area contributed by atoms with Crippen LogP contribution in [0.15, 0.2) is 47.6 Å². The fraction of sp³-hybridized carbons (Fsp3) is 0.697. The van der Waals surface area contributed by atoms with Crippen molar-refractivity contribution in [3.63, 3.8) is 0 Å². The third-order valence-electron chi connectivity index (χ3n) is 10.00. The highest BCUT2D eigenvalue weighted by molar-refractivity contribution is 5.78. The summed E-state index contributed by atoms with van der Waals surface area (Å²) in [7, 11) is 0. The highest BCUT2D eigenvalue weighted by Crippen LogP contribution is 2.58. The quantitative estimate of drug-likeness (QED) is 0.249. The molecule has 4 rings (SSSR count). The summed E-state index contributed by atoms with van der Waals surface area (Å²) in [5.74, 6) is 2.16. The van der Waals surface area contributed by atoms with Crippen molar-refractivity contribution in [2.45, 2.75) is 98.5 Å². The predicted molar refractivity (Wildman–Crippen MR) is 150 cm³/mol. The highest BCUT2D eigenvalue weighted by atomic mass is 16.7. The van der Waals surface area contributed by atoms with E-state index in [1.807, 2.05) is 0 Å². The number of rotatable bonds is 7. The minimum atomic E-state index is -0.958. The lowest BCUT2D eigenvalue weighted by Gasteiger charge is -2.45. The van der Waals surface area contributed by atoms with Gasteiger partial charge in [0.15, 0.2) is 0 Å². The summed E-state index contributed by atoms with van der Waals surface area (Å²) in [6, 6.07) is 0. The number of hydrogen-bond donors (Lipinski definition) is 0. The zero-order valence-electron chi connectivity index (χ0n) is 24.2. The minimum absolute atomic E-state index is 0.00792. The fourth-order valence-electron chi connectivity index (χ4n) is 6.89. The van der Waals surface area contributed by atoms with E-state index < -0.39 is 11.6 Å². The first-order valence-corrected chi connectivity index (χ1v) is 14.8. The first-order chi connectivity index (χ1) is 18.0. The van der Waals surface area contributed by atoms with Gasteiger partial charge in [0.1, 0.15) is 24.7 Å². The van der Waals surface area contributed by atoms with E-state index in [0.29, 0.717) is 35.5 Å². The van der Waals surface area contributed by atoms with Crippen molar-refractivity contribution >= 4 is 12.1 Å². The van der Waals surface area contributed by atoms with Crippen LogP contribution < -0.4 is 0 Å². The van der Waals surface area contributed by atoms with E-state index in [-0.39, 0.29) is 25.3 Å². The molecule has 0 spiro atoms. The number of carbonyl (C=O) groups excluding carboxylic acids is 2. The number of esters is 1. The van der Waals surface area contributed by atoms with Gasteiger partial charge in [0, 0.05) is 6.42 Å². The number of carbonyl (C=O) groups is 2. The Balaban J connectivity index is 1.45. The topological polar surface area (TPSA) is 61.8 Å². The first kappa shape index (κ1) is 28.7. The lowest BCUT2D eigenvalue weighted by molar-refractivity contribution is -0.172. The predicted octanol–water partition coefficient (Wildman–Crippen LogP) is 8.12. The maximum absolute atomic E-state index is 12.9. The summed E-state index contributed by atoms with van der Waals surface area (Å²) in [4.78, 5) is 24.1. The van der Waals surface area contributed by atoms with Crippen molar-refractivity contribution in [1.82, 2.24) is 0 Å². The summed E-state index contributed by atoms with van der Waals surface area (Å²) in [6.07, 6.45) is 18.7. The van der Waals surface area contributed by atoms with Gasteiger partial charge in [0.2, 0.25) is 0 Å². The Bertz CT molecular complexity index is 991. The Morgan fingerprint density at radius 3 is 2.45 bits per heavy atom. The van der Waals surface area contributed by atoms with Crippen LogP contribution >= 0.6 is 0 Å². The second-order valence-electron chi connectivity index (χ2n) is 13.0. The second-order valence-corrected chi connectivity index (χ2v) is 13.0. The molecule has 0 N–H and O–H groups in total. The van der Waals surface area contributed by atoms with Crippen molar-refractivity contribution in [1.29, 1.82) is 0 Å². The molecule has 0 bridgehead atoms. The molecule has 1 aliphatic heterocycles. The first-order valence-electron chi connectivity index (χ1n) is 14.8. The van der Waals surface area contributed by atoms with Crippen molar-refractivity contribution in [2.24, 2.45) is 34.5 Å². The standard InChI is InChI=1S/C33H48O5/c1-22(2)23(3)11-13-25(5)33-17-7-9-26(29(33)10-8-18-33)14-15-27-19-28(16-12-24(27)4)38-30(34)32(6)20-36-31(35)37-21-32/h11,13-15,22-23,25,28-29H,4,7-10,12,16-21H2,1-3,5-6H3. The van der Waals surface area contributed by atoms with Gasteiger partial charge in [-0.3, -0.25) is 4.79 Å². The van der Waals surface area contributed by atoms with Crippen LogP contribution in [-0.2, 0) is 19.0 Å². The maximum atomic E-state index is 12.9. The largest absolute Gasteiger partial charge is 0.508 e. The molecule has 0 amide bonds. The molecule has 5 heteroatoms. The van der Waals surface area contributed by atoms with Gasteiger partial charge in [0.05, 0.1) is 0 Å². The van der Waals surface area contributed by atoms with E-state index in [2.05, 4.69) is 58.6 Å². The van der Waals surface area contributed by atoms with E-state index >= 15 is 0 Å². The van der Waals surface area contributed by atoms with Crippen molar-refractivity contribution in [3.8, 4) is 0 Å². The van der Waals surface area contributed by atoms with E-state index in [1.54, 1.807) is 12.5 Å². The van der Waals surface area contributed by atoms with Gasteiger partial charge >= 0.3 is 12.1 Å². The van der Waals surface area contributed by atoms with Crippen LogP contribution in [0.2, 0.25) is 0 Å². The highest BCUT2D eigenvalue weighted by Gasteiger charge is 2.48. The van der Waals surface area contributed by atoms with E-state index in [9.17, 15) is 9.59 Å². The lowest BCUT2D eigenvalue weighted by atomic mass is 9.60. The minimum Gasteiger partial charge on any atom is -0.461 e.